The molecule has 1 amide bonds. The molecule has 4 heteroatoms. The standard InChI is InChI=1S/C14H19ClN2O/c1-16(2)13-7-8-17(10-13)14(18)12-5-3-11(9-15)4-6-12/h3-6,13H,7-10H2,1-2H3. The summed E-state index contributed by atoms with van der Waals surface area (Å²) in [5, 5.41) is 0. The number of hydrogen-bond donors (Lipinski definition) is 0. The van der Waals surface area contributed by atoms with Gasteiger partial charge in [-0.1, -0.05) is 12.1 Å². The normalized spacial score (nSPS) is 19.6. The molecule has 0 aromatic heterocycles. The second kappa shape index (κ2) is 5.72. The molecular weight excluding hydrogens is 248 g/mol. The number of rotatable bonds is 3. The molecule has 0 radical (unpaired) electrons. The van der Waals surface area contributed by atoms with E-state index < -0.39 is 0 Å². The molecule has 1 atom stereocenters. The van der Waals surface area contributed by atoms with Crippen LogP contribution in [0.1, 0.15) is 22.3 Å². The summed E-state index contributed by atoms with van der Waals surface area (Å²) >= 11 is 5.74. The van der Waals surface area contributed by atoms with Crippen molar-refractivity contribution in [1.82, 2.24) is 9.80 Å². The Morgan fingerprint density at radius 2 is 2.06 bits per heavy atom. The zero-order chi connectivity index (χ0) is 13.1. The van der Waals surface area contributed by atoms with E-state index in [-0.39, 0.29) is 5.91 Å². The van der Waals surface area contributed by atoms with Crippen molar-refractivity contribution in [1.29, 1.82) is 0 Å². The van der Waals surface area contributed by atoms with Crippen molar-refractivity contribution in [2.45, 2.75) is 18.3 Å². The van der Waals surface area contributed by atoms with Crippen LogP contribution in [0.4, 0.5) is 0 Å². The van der Waals surface area contributed by atoms with Gasteiger partial charge >= 0.3 is 0 Å². The monoisotopic (exact) mass is 266 g/mol. The second-order valence-corrected chi connectivity index (χ2v) is 5.26. The molecule has 0 aliphatic carbocycles. The van der Waals surface area contributed by atoms with Gasteiger partial charge in [0.05, 0.1) is 0 Å². The van der Waals surface area contributed by atoms with Crippen LogP contribution in [-0.4, -0.2) is 48.9 Å². The van der Waals surface area contributed by atoms with Crippen molar-refractivity contribution < 1.29 is 4.79 Å². The molecule has 0 N–H and O–H groups in total. The molecule has 98 valence electrons. The van der Waals surface area contributed by atoms with Crippen LogP contribution in [-0.2, 0) is 5.88 Å². The Bertz CT molecular complexity index is 416. The fourth-order valence-corrected chi connectivity index (χ4v) is 2.44. The van der Waals surface area contributed by atoms with Gasteiger partial charge in [0.2, 0.25) is 0 Å². The molecule has 1 aliphatic heterocycles. The molecule has 0 spiro atoms. The van der Waals surface area contributed by atoms with E-state index in [1.807, 2.05) is 29.2 Å². The minimum atomic E-state index is 0.125. The first-order chi connectivity index (χ1) is 8.61. The molecule has 18 heavy (non-hydrogen) atoms. The van der Waals surface area contributed by atoms with Crippen LogP contribution in [0.3, 0.4) is 0 Å². The fraction of sp³-hybridized carbons (Fsp3) is 0.500. The third-order valence-electron chi connectivity index (χ3n) is 3.54. The highest BCUT2D eigenvalue weighted by molar-refractivity contribution is 6.17. The Balaban J connectivity index is 2.03. The summed E-state index contributed by atoms with van der Waals surface area (Å²) in [5.41, 5.74) is 1.80. The van der Waals surface area contributed by atoms with Gasteiger partial charge < -0.3 is 9.80 Å². The van der Waals surface area contributed by atoms with Crippen molar-refractivity contribution in [2.75, 3.05) is 27.2 Å². The van der Waals surface area contributed by atoms with E-state index in [4.69, 9.17) is 11.6 Å². The third kappa shape index (κ3) is 2.85. The lowest BCUT2D eigenvalue weighted by Gasteiger charge is -2.20. The zero-order valence-corrected chi connectivity index (χ0v) is 11.7. The van der Waals surface area contributed by atoms with Gasteiger partial charge in [0, 0.05) is 30.6 Å². The smallest absolute Gasteiger partial charge is 0.253 e. The summed E-state index contributed by atoms with van der Waals surface area (Å²) < 4.78 is 0. The van der Waals surface area contributed by atoms with Crippen LogP contribution in [0.25, 0.3) is 0 Å². The summed E-state index contributed by atoms with van der Waals surface area (Å²) in [6, 6.07) is 8.04. The van der Waals surface area contributed by atoms with Gasteiger partial charge in [-0.25, -0.2) is 0 Å². The van der Waals surface area contributed by atoms with Gasteiger partial charge in [-0.15, -0.1) is 11.6 Å². The number of carbonyl (C=O) groups excluding carboxylic acids is 1. The summed E-state index contributed by atoms with van der Waals surface area (Å²) in [5.74, 6) is 0.612. The molecule has 1 fully saturated rings. The lowest BCUT2D eigenvalue weighted by Crippen LogP contribution is -2.34. The maximum Gasteiger partial charge on any atom is 0.253 e. The first-order valence-electron chi connectivity index (χ1n) is 6.22. The van der Waals surface area contributed by atoms with Crippen LogP contribution in [0.2, 0.25) is 0 Å². The Hall–Kier alpha value is -1.06. The number of amides is 1. The SMILES string of the molecule is CN(C)C1CCN(C(=O)c2ccc(CCl)cc2)C1. The molecule has 2 rings (SSSR count). The van der Waals surface area contributed by atoms with E-state index in [0.717, 1.165) is 30.6 Å². The third-order valence-corrected chi connectivity index (χ3v) is 3.84. The van der Waals surface area contributed by atoms with Crippen LogP contribution < -0.4 is 0 Å². The van der Waals surface area contributed by atoms with Crippen molar-refractivity contribution >= 4 is 17.5 Å². The molecular formula is C14H19ClN2O. The van der Waals surface area contributed by atoms with E-state index >= 15 is 0 Å². The highest BCUT2D eigenvalue weighted by Crippen LogP contribution is 2.17. The number of nitrogens with zero attached hydrogens (tertiary/aromatic N) is 2. The van der Waals surface area contributed by atoms with Crippen molar-refractivity contribution in [3.63, 3.8) is 0 Å². The molecule has 1 aliphatic rings. The van der Waals surface area contributed by atoms with Gasteiger partial charge in [0.1, 0.15) is 0 Å². The number of hydrogen-bond acceptors (Lipinski definition) is 2. The second-order valence-electron chi connectivity index (χ2n) is 4.99. The molecule has 1 unspecified atom stereocenters. The molecule has 0 saturated carbocycles. The van der Waals surface area contributed by atoms with Crippen molar-refractivity contribution in [3.8, 4) is 0 Å². The largest absolute Gasteiger partial charge is 0.337 e. The highest BCUT2D eigenvalue weighted by atomic mass is 35.5. The molecule has 1 saturated heterocycles. The van der Waals surface area contributed by atoms with Gasteiger partial charge in [-0.05, 0) is 38.2 Å². The lowest BCUT2D eigenvalue weighted by atomic mass is 10.1. The van der Waals surface area contributed by atoms with Gasteiger partial charge in [0.15, 0.2) is 0 Å². The van der Waals surface area contributed by atoms with Gasteiger partial charge in [0.25, 0.3) is 5.91 Å². The van der Waals surface area contributed by atoms with Crippen molar-refractivity contribution in [3.05, 3.63) is 35.4 Å². The van der Waals surface area contributed by atoms with E-state index in [2.05, 4.69) is 19.0 Å². The molecule has 1 heterocycles. The predicted molar refractivity (Wildman–Crippen MR) is 74.0 cm³/mol. The Labute approximate surface area is 113 Å². The van der Waals surface area contributed by atoms with E-state index in [9.17, 15) is 4.79 Å². The number of likely N-dealkylation sites (tertiary alicyclic amines) is 1. The highest BCUT2D eigenvalue weighted by Gasteiger charge is 2.27. The zero-order valence-electron chi connectivity index (χ0n) is 10.9. The summed E-state index contributed by atoms with van der Waals surface area (Å²) in [6.07, 6.45) is 1.05. The lowest BCUT2D eigenvalue weighted by molar-refractivity contribution is 0.0783. The number of carbonyl (C=O) groups is 1. The van der Waals surface area contributed by atoms with Gasteiger partial charge in [-0.3, -0.25) is 4.79 Å². The molecule has 0 bridgehead atoms. The Morgan fingerprint density at radius 3 is 2.56 bits per heavy atom. The predicted octanol–water partition coefficient (Wildman–Crippen LogP) is 2.20. The van der Waals surface area contributed by atoms with Crippen LogP contribution in [0.5, 0.6) is 0 Å². The van der Waals surface area contributed by atoms with Crippen LogP contribution >= 0.6 is 11.6 Å². The van der Waals surface area contributed by atoms with Gasteiger partial charge in [-0.2, -0.15) is 0 Å². The molecule has 1 aromatic carbocycles. The Kier molecular flexibility index (Phi) is 4.25. The molecule has 3 nitrogen and oxygen atoms in total. The summed E-state index contributed by atoms with van der Waals surface area (Å²) in [4.78, 5) is 16.4. The quantitative estimate of drug-likeness (QED) is 0.783. The topological polar surface area (TPSA) is 23.6 Å². The summed E-state index contributed by atoms with van der Waals surface area (Å²) in [6.45, 7) is 1.67. The number of alkyl halides is 1. The van der Waals surface area contributed by atoms with Crippen molar-refractivity contribution in [2.24, 2.45) is 0 Å². The first kappa shape index (κ1) is 13.4. The van der Waals surface area contributed by atoms with E-state index in [1.165, 1.54) is 0 Å². The number of halogens is 1. The van der Waals surface area contributed by atoms with E-state index in [1.54, 1.807) is 0 Å². The Morgan fingerprint density at radius 1 is 1.39 bits per heavy atom. The molecule has 1 aromatic rings. The maximum atomic E-state index is 12.3. The fourth-order valence-electron chi connectivity index (χ4n) is 2.27. The van der Waals surface area contributed by atoms with Crippen LogP contribution in [0.15, 0.2) is 24.3 Å². The number of likely N-dealkylation sites (N-methyl/N-ethyl adjacent to an activating group) is 1. The maximum absolute atomic E-state index is 12.3. The van der Waals surface area contributed by atoms with Crippen LogP contribution in [0, 0.1) is 0 Å². The summed E-state index contributed by atoms with van der Waals surface area (Å²) in [7, 11) is 4.13. The number of benzene rings is 1. The van der Waals surface area contributed by atoms with E-state index in [0.29, 0.717) is 11.9 Å². The minimum absolute atomic E-state index is 0.125. The average molecular weight is 267 g/mol. The average Bonchev–Trinajstić information content (AvgIpc) is 2.88. The minimum Gasteiger partial charge on any atom is -0.337 e. The first-order valence-corrected chi connectivity index (χ1v) is 6.76.